The number of urea groups is 1. The zero-order valence-electron chi connectivity index (χ0n) is 25.0. The highest BCUT2D eigenvalue weighted by Gasteiger charge is 2.53. The lowest BCUT2D eigenvalue weighted by molar-refractivity contribution is -0.156. The first kappa shape index (κ1) is 30.7. The third kappa shape index (κ3) is 7.53. The standard InChI is InChI=1S/C33H46N2O6/c1-5-39-27-21-33(22-27,31(36)37)34-32(38)35(18-12-11-15-24-13-9-8-10-14-24)23(4)26-19-28(40-6-2)30(25-16-17-25)29(20-26)41-7-3/h8-10,13-14,19-20,23,25,27H,5-7,11-12,15-18,21-22H2,1-4H3,(H,34,38)(H,36,37). The smallest absolute Gasteiger partial charge is 0.329 e. The number of benzene rings is 2. The van der Waals surface area contributed by atoms with Crippen molar-refractivity contribution >= 4 is 12.0 Å². The minimum atomic E-state index is -1.32. The molecule has 4 rings (SSSR count). The first-order chi connectivity index (χ1) is 19.8. The van der Waals surface area contributed by atoms with E-state index in [1.807, 2.05) is 58.0 Å². The second-order valence-electron chi connectivity index (χ2n) is 11.2. The molecule has 8 nitrogen and oxygen atoms in total. The molecule has 2 N–H and O–H groups in total. The van der Waals surface area contributed by atoms with Gasteiger partial charge in [-0.05, 0) is 89.0 Å². The number of carbonyl (C=O) groups is 2. The molecule has 0 aromatic heterocycles. The Bertz CT molecular complexity index is 1130. The summed E-state index contributed by atoms with van der Waals surface area (Å²) in [4.78, 5) is 27.9. The minimum Gasteiger partial charge on any atom is -0.493 e. The van der Waals surface area contributed by atoms with Gasteiger partial charge in [-0.3, -0.25) is 0 Å². The van der Waals surface area contributed by atoms with Crippen LogP contribution in [0.4, 0.5) is 4.79 Å². The van der Waals surface area contributed by atoms with Crippen LogP contribution in [0.5, 0.6) is 11.5 Å². The van der Waals surface area contributed by atoms with Crippen LogP contribution in [-0.4, -0.2) is 60.0 Å². The van der Waals surface area contributed by atoms with Gasteiger partial charge in [0.2, 0.25) is 0 Å². The zero-order chi connectivity index (χ0) is 29.4. The summed E-state index contributed by atoms with van der Waals surface area (Å²) < 4.78 is 17.8. The maximum atomic E-state index is 13.9. The van der Waals surface area contributed by atoms with Crippen LogP contribution in [-0.2, 0) is 16.0 Å². The maximum absolute atomic E-state index is 13.9. The zero-order valence-corrected chi connectivity index (χ0v) is 25.0. The van der Waals surface area contributed by atoms with Gasteiger partial charge in [0.05, 0.1) is 25.4 Å². The lowest BCUT2D eigenvalue weighted by Gasteiger charge is -2.45. The van der Waals surface area contributed by atoms with E-state index in [1.165, 1.54) is 5.56 Å². The molecule has 2 aliphatic rings. The Morgan fingerprint density at radius 3 is 2.17 bits per heavy atom. The van der Waals surface area contributed by atoms with Crippen LogP contribution in [0.2, 0.25) is 0 Å². The molecule has 2 saturated carbocycles. The number of amides is 2. The van der Waals surface area contributed by atoms with Crippen molar-refractivity contribution in [3.63, 3.8) is 0 Å². The lowest BCUT2D eigenvalue weighted by Crippen LogP contribution is -2.66. The van der Waals surface area contributed by atoms with E-state index in [0.717, 1.165) is 54.7 Å². The molecular weight excluding hydrogens is 520 g/mol. The van der Waals surface area contributed by atoms with Crippen LogP contribution in [0, 0.1) is 0 Å². The van der Waals surface area contributed by atoms with Crippen LogP contribution in [0.1, 0.15) is 94.9 Å². The molecule has 1 atom stereocenters. The molecule has 224 valence electrons. The Kier molecular flexibility index (Phi) is 10.5. The fourth-order valence-electron chi connectivity index (χ4n) is 5.77. The van der Waals surface area contributed by atoms with Gasteiger partial charge in [-0.1, -0.05) is 30.3 Å². The summed E-state index contributed by atoms with van der Waals surface area (Å²) in [5.74, 6) is 1.04. The van der Waals surface area contributed by atoms with Crippen LogP contribution in [0.25, 0.3) is 0 Å². The number of aryl methyl sites for hydroxylation is 1. The molecule has 0 saturated heterocycles. The van der Waals surface area contributed by atoms with Crippen molar-refractivity contribution in [2.45, 2.75) is 96.2 Å². The fourth-order valence-corrected chi connectivity index (χ4v) is 5.77. The Morgan fingerprint density at radius 1 is 1.00 bits per heavy atom. The second-order valence-corrected chi connectivity index (χ2v) is 11.2. The van der Waals surface area contributed by atoms with Gasteiger partial charge in [0.25, 0.3) is 0 Å². The molecule has 0 heterocycles. The summed E-state index contributed by atoms with van der Waals surface area (Å²) in [5, 5.41) is 12.9. The number of carboxylic acid groups (broad SMARTS) is 1. The van der Waals surface area contributed by atoms with Crippen molar-refractivity contribution in [2.24, 2.45) is 0 Å². The van der Waals surface area contributed by atoms with Crippen molar-refractivity contribution in [1.82, 2.24) is 10.2 Å². The molecule has 1 unspecified atom stereocenters. The molecule has 41 heavy (non-hydrogen) atoms. The maximum Gasteiger partial charge on any atom is 0.329 e. The number of carbonyl (C=O) groups excluding carboxylic acids is 1. The van der Waals surface area contributed by atoms with Gasteiger partial charge in [-0.25, -0.2) is 9.59 Å². The van der Waals surface area contributed by atoms with Crippen LogP contribution in [0.15, 0.2) is 42.5 Å². The Hall–Kier alpha value is -3.26. The SMILES string of the molecule is CCOc1cc(C(C)N(CCCCc2ccccc2)C(=O)NC2(C(=O)O)CC(OCC)C2)cc(OCC)c1C1CC1. The molecule has 2 fully saturated rings. The first-order valence-corrected chi connectivity index (χ1v) is 15.2. The van der Waals surface area contributed by atoms with Gasteiger partial charge in [0, 0.05) is 31.6 Å². The number of hydrogen-bond donors (Lipinski definition) is 2. The van der Waals surface area contributed by atoms with E-state index in [9.17, 15) is 14.7 Å². The summed E-state index contributed by atoms with van der Waals surface area (Å²) in [6.45, 7) is 9.90. The Labute approximate surface area is 244 Å². The van der Waals surface area contributed by atoms with Crippen LogP contribution >= 0.6 is 0 Å². The number of nitrogens with one attached hydrogen (secondary N) is 1. The number of ether oxygens (including phenoxy) is 3. The van der Waals surface area contributed by atoms with Crippen molar-refractivity contribution in [1.29, 1.82) is 0 Å². The highest BCUT2D eigenvalue weighted by Crippen LogP contribution is 2.50. The lowest BCUT2D eigenvalue weighted by atomic mass is 9.74. The Morgan fingerprint density at radius 2 is 1.63 bits per heavy atom. The van der Waals surface area contributed by atoms with Crippen molar-refractivity contribution < 1.29 is 28.9 Å². The molecule has 0 bridgehead atoms. The molecule has 0 aliphatic heterocycles. The van der Waals surface area contributed by atoms with Crippen molar-refractivity contribution in [3.8, 4) is 11.5 Å². The summed E-state index contributed by atoms with van der Waals surface area (Å²) in [7, 11) is 0. The predicted octanol–water partition coefficient (Wildman–Crippen LogP) is 6.48. The van der Waals surface area contributed by atoms with Crippen LogP contribution < -0.4 is 14.8 Å². The Balaban J connectivity index is 1.57. The topological polar surface area (TPSA) is 97.3 Å². The van der Waals surface area contributed by atoms with Crippen molar-refractivity contribution in [3.05, 3.63) is 59.2 Å². The third-order valence-electron chi connectivity index (χ3n) is 8.19. The summed E-state index contributed by atoms with van der Waals surface area (Å²) >= 11 is 0. The first-order valence-electron chi connectivity index (χ1n) is 15.2. The summed E-state index contributed by atoms with van der Waals surface area (Å²) in [6.07, 6.45) is 5.20. The highest BCUT2D eigenvalue weighted by atomic mass is 16.5. The molecule has 8 heteroatoms. The third-order valence-corrected chi connectivity index (χ3v) is 8.19. The number of hydrogen-bond acceptors (Lipinski definition) is 5. The van der Waals surface area contributed by atoms with Gasteiger partial charge >= 0.3 is 12.0 Å². The molecular formula is C33H46N2O6. The van der Waals surface area contributed by atoms with Gasteiger partial charge in [-0.2, -0.15) is 0 Å². The second kappa shape index (κ2) is 14.1. The molecule has 2 aromatic rings. The quantitative estimate of drug-likeness (QED) is 0.226. The summed E-state index contributed by atoms with van der Waals surface area (Å²) in [5.41, 5.74) is 1.97. The largest absolute Gasteiger partial charge is 0.493 e. The van der Waals surface area contributed by atoms with Crippen LogP contribution in [0.3, 0.4) is 0 Å². The molecule has 2 amide bonds. The molecule has 0 radical (unpaired) electrons. The van der Waals surface area contributed by atoms with Gasteiger partial charge in [-0.15, -0.1) is 0 Å². The number of unbranched alkanes of at least 4 members (excludes halogenated alkanes) is 1. The van der Waals surface area contributed by atoms with E-state index in [2.05, 4.69) is 17.4 Å². The van der Waals surface area contributed by atoms with E-state index in [4.69, 9.17) is 14.2 Å². The normalized spacial score (nSPS) is 20.5. The highest BCUT2D eigenvalue weighted by molar-refractivity contribution is 5.87. The van der Waals surface area contributed by atoms with Gasteiger partial charge in [0.15, 0.2) is 0 Å². The van der Waals surface area contributed by atoms with E-state index >= 15 is 0 Å². The predicted molar refractivity (Wildman–Crippen MR) is 159 cm³/mol. The monoisotopic (exact) mass is 566 g/mol. The summed E-state index contributed by atoms with van der Waals surface area (Å²) in [6, 6.07) is 13.7. The van der Waals surface area contributed by atoms with Gasteiger partial charge < -0.3 is 29.5 Å². The minimum absolute atomic E-state index is 0.161. The molecule has 2 aliphatic carbocycles. The average Bonchev–Trinajstić information content (AvgIpc) is 3.77. The number of aliphatic carboxylic acids is 1. The van der Waals surface area contributed by atoms with E-state index in [-0.39, 0.29) is 31.0 Å². The number of carboxylic acids is 1. The molecule has 0 spiro atoms. The van der Waals surface area contributed by atoms with E-state index in [0.29, 0.717) is 32.3 Å². The van der Waals surface area contributed by atoms with E-state index in [1.54, 1.807) is 4.90 Å². The van der Waals surface area contributed by atoms with Crippen molar-refractivity contribution in [2.75, 3.05) is 26.4 Å². The molecule has 2 aromatic carbocycles. The fraction of sp³-hybridized carbons (Fsp3) is 0.576. The average molecular weight is 567 g/mol. The van der Waals surface area contributed by atoms with E-state index < -0.39 is 11.5 Å². The number of rotatable bonds is 16. The van der Waals surface area contributed by atoms with Gasteiger partial charge in [0.1, 0.15) is 17.0 Å². The number of nitrogens with zero attached hydrogens (tertiary/aromatic N) is 1.